The lowest BCUT2D eigenvalue weighted by Gasteiger charge is -2.41. The maximum absolute atomic E-state index is 14.3. The average molecular weight is 534 g/mol. The number of ether oxygens (including phenoxy) is 1. The number of fused-ring (bicyclic) bond motifs is 1. The fraction of sp³-hybridized carbons (Fsp3) is 0.656. The Labute approximate surface area is 232 Å². The van der Waals surface area contributed by atoms with Crippen molar-refractivity contribution in [2.24, 2.45) is 29.6 Å². The van der Waals surface area contributed by atoms with E-state index < -0.39 is 29.6 Å². The van der Waals surface area contributed by atoms with Crippen molar-refractivity contribution in [1.82, 2.24) is 10.2 Å². The summed E-state index contributed by atoms with van der Waals surface area (Å²) in [6, 6.07) is 6.99. The summed E-state index contributed by atoms with van der Waals surface area (Å²) in [6.45, 7) is 8.71. The molecule has 0 unspecified atom stereocenters. The van der Waals surface area contributed by atoms with Crippen LogP contribution in [0.3, 0.4) is 0 Å². The molecule has 1 aromatic carbocycles. The second kappa shape index (κ2) is 10.1. The van der Waals surface area contributed by atoms with Gasteiger partial charge in [0, 0.05) is 17.8 Å². The molecule has 2 bridgehead atoms. The Bertz CT molecular complexity index is 1170. The van der Waals surface area contributed by atoms with Crippen LogP contribution in [0, 0.1) is 36.5 Å². The minimum absolute atomic E-state index is 0.0105. The van der Waals surface area contributed by atoms with Crippen molar-refractivity contribution >= 4 is 23.4 Å². The Balaban J connectivity index is 1.32. The molecule has 39 heavy (non-hydrogen) atoms. The van der Waals surface area contributed by atoms with Crippen LogP contribution in [0.5, 0.6) is 0 Å². The van der Waals surface area contributed by atoms with Gasteiger partial charge in [-0.2, -0.15) is 0 Å². The standard InChI is InChI=1S/C32H43N3O4/c1-18-11-13-23(14-12-18)35-28(30(37)34-24-10-6-8-20(3)21(24)4)32-16-15-25(39-32)26(27(32)31(35)38)29(36)33-22-9-5-7-19(2)17-22/h5,7,9,15-18,20-21,23-28H,6,8,10-14H2,1-4H3,(H,33,36)(H,34,37)/t18?,20-,21-,23?,24-,25+,26-,27+,28+,32+/m1/s1. The van der Waals surface area contributed by atoms with Gasteiger partial charge in [-0.25, -0.2) is 0 Å². The van der Waals surface area contributed by atoms with Crippen molar-refractivity contribution in [3.63, 3.8) is 0 Å². The Morgan fingerprint density at radius 2 is 1.79 bits per heavy atom. The average Bonchev–Trinajstić information content (AvgIpc) is 3.55. The molecule has 2 aliphatic carbocycles. The number of hydrogen-bond acceptors (Lipinski definition) is 4. The molecule has 3 aliphatic heterocycles. The zero-order valence-electron chi connectivity index (χ0n) is 23.7. The van der Waals surface area contributed by atoms with Crippen LogP contribution in [0.25, 0.3) is 0 Å². The highest BCUT2D eigenvalue weighted by atomic mass is 16.5. The minimum atomic E-state index is -1.10. The van der Waals surface area contributed by atoms with Gasteiger partial charge in [-0.1, -0.05) is 57.9 Å². The lowest BCUT2D eigenvalue weighted by atomic mass is 9.73. The molecule has 5 aliphatic rings. The van der Waals surface area contributed by atoms with E-state index in [1.807, 2.05) is 48.2 Å². The number of anilines is 1. The predicted molar refractivity (Wildman–Crippen MR) is 150 cm³/mol. The van der Waals surface area contributed by atoms with Gasteiger partial charge in [0.1, 0.15) is 11.6 Å². The minimum Gasteiger partial charge on any atom is -0.359 e. The van der Waals surface area contributed by atoms with Crippen LogP contribution in [0.1, 0.15) is 71.3 Å². The van der Waals surface area contributed by atoms with Gasteiger partial charge in [0.15, 0.2) is 0 Å². The first-order chi connectivity index (χ1) is 18.7. The number of hydrogen-bond donors (Lipinski definition) is 2. The van der Waals surface area contributed by atoms with E-state index >= 15 is 0 Å². The molecule has 2 saturated heterocycles. The van der Waals surface area contributed by atoms with Gasteiger partial charge in [-0.15, -0.1) is 0 Å². The number of likely N-dealkylation sites (tertiary alicyclic amines) is 1. The summed E-state index contributed by atoms with van der Waals surface area (Å²) in [5, 5.41) is 6.41. The summed E-state index contributed by atoms with van der Waals surface area (Å²) >= 11 is 0. The van der Waals surface area contributed by atoms with Crippen molar-refractivity contribution in [2.75, 3.05) is 5.32 Å². The van der Waals surface area contributed by atoms with Crippen molar-refractivity contribution in [3.05, 3.63) is 42.0 Å². The largest absolute Gasteiger partial charge is 0.359 e. The van der Waals surface area contributed by atoms with E-state index in [0.717, 1.165) is 44.1 Å². The van der Waals surface area contributed by atoms with Gasteiger partial charge >= 0.3 is 0 Å². The molecule has 0 aromatic heterocycles. The Morgan fingerprint density at radius 3 is 2.54 bits per heavy atom. The molecule has 4 fully saturated rings. The van der Waals surface area contributed by atoms with Crippen molar-refractivity contribution in [1.29, 1.82) is 0 Å². The van der Waals surface area contributed by atoms with E-state index in [0.29, 0.717) is 23.4 Å². The summed E-state index contributed by atoms with van der Waals surface area (Å²) in [5.41, 5.74) is 0.651. The predicted octanol–water partition coefficient (Wildman–Crippen LogP) is 4.60. The van der Waals surface area contributed by atoms with Crippen LogP contribution in [-0.4, -0.2) is 52.5 Å². The van der Waals surface area contributed by atoms with E-state index in [4.69, 9.17) is 4.74 Å². The number of nitrogens with zero attached hydrogens (tertiary/aromatic N) is 1. The van der Waals surface area contributed by atoms with E-state index in [1.54, 1.807) is 0 Å². The third kappa shape index (κ3) is 4.41. The van der Waals surface area contributed by atoms with E-state index in [1.165, 1.54) is 6.42 Å². The molecule has 1 aromatic rings. The third-order valence-electron chi connectivity index (χ3n) is 10.6. The topological polar surface area (TPSA) is 87.7 Å². The third-order valence-corrected chi connectivity index (χ3v) is 10.6. The van der Waals surface area contributed by atoms with Crippen molar-refractivity contribution in [3.8, 4) is 0 Å². The highest BCUT2D eigenvalue weighted by Gasteiger charge is 2.73. The van der Waals surface area contributed by atoms with E-state index in [9.17, 15) is 14.4 Å². The summed E-state index contributed by atoms with van der Waals surface area (Å²) in [7, 11) is 0. The van der Waals surface area contributed by atoms with Crippen LogP contribution in [0.2, 0.25) is 0 Å². The first-order valence-corrected chi connectivity index (χ1v) is 15.1. The second-order valence-electron chi connectivity index (χ2n) is 13.1. The van der Waals surface area contributed by atoms with E-state index in [-0.39, 0.29) is 29.8 Å². The molecule has 210 valence electrons. The molecule has 6 rings (SSSR count). The summed E-state index contributed by atoms with van der Waals surface area (Å²) in [5.74, 6) is -0.270. The SMILES string of the molecule is Cc1cccc(NC(=O)[C@@H]2[C@@H]3C=C[C@]4(O3)[C@@H]2C(=O)N(C2CCC(C)CC2)[C@H]4C(=O)N[C@@H]2CCC[C@@H](C)[C@H]2C)c1. The lowest BCUT2D eigenvalue weighted by molar-refractivity contribution is -0.145. The van der Waals surface area contributed by atoms with Gasteiger partial charge in [0.05, 0.1) is 17.9 Å². The fourth-order valence-corrected chi connectivity index (χ4v) is 8.12. The summed E-state index contributed by atoms with van der Waals surface area (Å²) < 4.78 is 6.57. The van der Waals surface area contributed by atoms with Crippen LogP contribution >= 0.6 is 0 Å². The number of nitrogens with one attached hydrogen (secondary N) is 2. The zero-order chi connectivity index (χ0) is 27.5. The molecule has 8 atom stereocenters. The Kier molecular flexibility index (Phi) is 6.85. The molecule has 0 radical (unpaired) electrons. The number of amides is 3. The smallest absolute Gasteiger partial charge is 0.246 e. The molecule has 7 nitrogen and oxygen atoms in total. The van der Waals surface area contributed by atoms with Crippen LogP contribution in [-0.2, 0) is 19.1 Å². The first-order valence-electron chi connectivity index (χ1n) is 15.1. The lowest BCUT2D eigenvalue weighted by Crippen LogP contribution is -2.59. The fourth-order valence-electron chi connectivity index (χ4n) is 8.12. The van der Waals surface area contributed by atoms with Crippen LogP contribution < -0.4 is 10.6 Å². The number of rotatable bonds is 5. The number of aryl methyl sites for hydroxylation is 1. The Morgan fingerprint density at radius 1 is 1.03 bits per heavy atom. The van der Waals surface area contributed by atoms with Crippen LogP contribution in [0.15, 0.2) is 36.4 Å². The molecule has 3 amide bonds. The normalized spacial score (nSPS) is 41.0. The molecule has 2 N–H and O–H groups in total. The van der Waals surface area contributed by atoms with Gasteiger partial charge in [0.25, 0.3) is 0 Å². The highest BCUT2D eigenvalue weighted by molar-refractivity contribution is 6.03. The van der Waals surface area contributed by atoms with Crippen molar-refractivity contribution in [2.45, 2.75) is 102 Å². The highest BCUT2D eigenvalue weighted by Crippen LogP contribution is 2.56. The summed E-state index contributed by atoms with van der Waals surface area (Å²) in [6.07, 6.45) is 10.4. The molecule has 2 saturated carbocycles. The zero-order valence-corrected chi connectivity index (χ0v) is 23.7. The van der Waals surface area contributed by atoms with Crippen LogP contribution in [0.4, 0.5) is 5.69 Å². The molecular weight excluding hydrogens is 490 g/mol. The van der Waals surface area contributed by atoms with Gasteiger partial charge in [-0.3, -0.25) is 14.4 Å². The first kappa shape index (κ1) is 26.5. The molecule has 7 heteroatoms. The van der Waals surface area contributed by atoms with Gasteiger partial charge < -0.3 is 20.3 Å². The number of carbonyl (C=O) groups is 3. The monoisotopic (exact) mass is 533 g/mol. The van der Waals surface area contributed by atoms with Gasteiger partial charge in [0.2, 0.25) is 17.7 Å². The molecular formula is C32H43N3O4. The summed E-state index contributed by atoms with van der Waals surface area (Å²) in [4.78, 5) is 44.1. The van der Waals surface area contributed by atoms with Gasteiger partial charge in [-0.05, 0) is 74.5 Å². The maximum atomic E-state index is 14.3. The second-order valence-corrected chi connectivity index (χ2v) is 13.1. The molecule has 1 spiro atoms. The Hall–Kier alpha value is -2.67. The molecule has 3 heterocycles. The van der Waals surface area contributed by atoms with E-state index in [2.05, 4.69) is 31.4 Å². The number of benzene rings is 1. The quantitative estimate of drug-likeness (QED) is 0.542. The maximum Gasteiger partial charge on any atom is 0.246 e. The number of carbonyl (C=O) groups excluding carboxylic acids is 3. The van der Waals surface area contributed by atoms with Crippen molar-refractivity contribution < 1.29 is 19.1 Å².